The normalized spacial score (nSPS) is 18.3. The van der Waals surface area contributed by atoms with Crippen molar-refractivity contribution in [2.24, 2.45) is 10.1 Å². The predicted octanol–water partition coefficient (Wildman–Crippen LogP) is 2.51. The van der Waals surface area contributed by atoms with Crippen LogP contribution >= 0.6 is 27.7 Å². The Hall–Kier alpha value is -2.38. The van der Waals surface area contributed by atoms with Gasteiger partial charge < -0.3 is 0 Å². The minimum Gasteiger partial charge on any atom is -0.298 e. The summed E-state index contributed by atoms with van der Waals surface area (Å²) in [7, 11) is 0. The number of para-hydroxylation sites is 1. The summed E-state index contributed by atoms with van der Waals surface area (Å²) in [5.74, 6) is 0.487. The van der Waals surface area contributed by atoms with Crippen molar-refractivity contribution in [2.75, 3.05) is 5.75 Å². The number of fused-ring (bicyclic) bond motifs is 2. The van der Waals surface area contributed by atoms with Crippen LogP contribution in [-0.2, 0) is 4.79 Å². The molecular weight excluding hydrogens is 412 g/mol. The molecule has 26 heavy (non-hydrogen) atoms. The summed E-state index contributed by atoms with van der Waals surface area (Å²) in [4.78, 5) is 17.7. The first-order chi connectivity index (χ1) is 12.7. The standard InChI is InChI=1S/C19H15BrN4OS/c1-2-11-26-19-22-18(25)16-13-8-4-6-10-15(13)21-17(24(16)23-19)12-7-3-5-9-14(12)20/h2-10,17H,1,11H2,(H,22,23,25)/t17-/m1/s1. The lowest BCUT2D eigenvalue weighted by atomic mass is 10.1. The molecule has 0 unspecified atom stereocenters. The second-order valence-corrected chi connectivity index (χ2v) is 7.56. The lowest BCUT2D eigenvalue weighted by Gasteiger charge is -2.34. The number of hydrazone groups is 1. The van der Waals surface area contributed by atoms with Crippen LogP contribution in [0, 0.1) is 0 Å². The minimum absolute atomic E-state index is 0.175. The second-order valence-electron chi connectivity index (χ2n) is 5.69. The molecule has 2 aromatic rings. The van der Waals surface area contributed by atoms with Gasteiger partial charge in [-0.3, -0.25) is 15.1 Å². The quantitative estimate of drug-likeness (QED) is 0.767. The summed E-state index contributed by atoms with van der Waals surface area (Å²) < 4.78 is 0.925. The van der Waals surface area contributed by atoms with Gasteiger partial charge in [0.05, 0.1) is 5.36 Å². The van der Waals surface area contributed by atoms with Gasteiger partial charge in [-0.2, -0.15) is 0 Å². The number of rotatable bonds is 3. The Morgan fingerprint density at radius 1 is 1.23 bits per heavy atom. The molecule has 2 aliphatic rings. The Morgan fingerprint density at radius 3 is 2.81 bits per heavy atom. The van der Waals surface area contributed by atoms with E-state index in [9.17, 15) is 4.79 Å². The zero-order valence-corrected chi connectivity index (χ0v) is 16.1. The van der Waals surface area contributed by atoms with E-state index in [1.165, 1.54) is 11.8 Å². The number of hydrogen-bond donors (Lipinski definition) is 1. The van der Waals surface area contributed by atoms with Crippen LogP contribution in [0.5, 0.6) is 0 Å². The number of nitrogens with zero attached hydrogens (tertiary/aromatic N) is 3. The highest BCUT2D eigenvalue weighted by molar-refractivity contribution is 9.10. The van der Waals surface area contributed by atoms with Crippen molar-refractivity contribution in [2.45, 2.75) is 6.17 Å². The van der Waals surface area contributed by atoms with Gasteiger partial charge in [-0.25, -0.2) is 5.01 Å². The van der Waals surface area contributed by atoms with E-state index in [4.69, 9.17) is 4.99 Å². The smallest absolute Gasteiger partial charge is 0.276 e. The van der Waals surface area contributed by atoms with E-state index < -0.39 is 6.17 Å². The van der Waals surface area contributed by atoms with Crippen molar-refractivity contribution in [1.29, 1.82) is 0 Å². The Balaban J connectivity index is 1.93. The van der Waals surface area contributed by atoms with Crippen LogP contribution in [0.15, 0.2) is 75.8 Å². The topological polar surface area (TPSA) is 57.1 Å². The molecule has 130 valence electrons. The van der Waals surface area contributed by atoms with Crippen LogP contribution in [-0.4, -0.2) is 21.8 Å². The molecule has 2 aliphatic heterocycles. The number of benzene rings is 2. The molecule has 0 saturated heterocycles. The summed E-state index contributed by atoms with van der Waals surface area (Å²) in [6, 6.07) is 15.5. The van der Waals surface area contributed by atoms with Gasteiger partial charge in [0.1, 0.15) is 5.70 Å². The Morgan fingerprint density at radius 2 is 2.00 bits per heavy atom. The van der Waals surface area contributed by atoms with Gasteiger partial charge in [-0.15, -0.1) is 11.7 Å². The van der Waals surface area contributed by atoms with Gasteiger partial charge in [0, 0.05) is 21.0 Å². The van der Waals surface area contributed by atoms with Gasteiger partial charge in [0.15, 0.2) is 11.3 Å². The van der Waals surface area contributed by atoms with Crippen LogP contribution < -0.4 is 15.9 Å². The number of thioether (sulfide) groups is 1. The summed E-state index contributed by atoms with van der Waals surface area (Å²) in [5.41, 5.74) is 1.46. The fourth-order valence-electron chi connectivity index (χ4n) is 2.92. The van der Waals surface area contributed by atoms with E-state index in [0.717, 1.165) is 20.6 Å². The van der Waals surface area contributed by atoms with Crippen molar-refractivity contribution in [3.05, 3.63) is 81.8 Å². The van der Waals surface area contributed by atoms with E-state index in [1.807, 2.05) is 48.5 Å². The van der Waals surface area contributed by atoms with Gasteiger partial charge in [0.2, 0.25) is 0 Å². The average Bonchev–Trinajstić information content (AvgIpc) is 2.66. The molecule has 5 nitrogen and oxygen atoms in total. The van der Waals surface area contributed by atoms with Crippen LogP contribution in [0.3, 0.4) is 0 Å². The van der Waals surface area contributed by atoms with Crippen LogP contribution in [0.4, 0.5) is 0 Å². The van der Waals surface area contributed by atoms with E-state index in [1.54, 1.807) is 11.1 Å². The lowest BCUT2D eigenvalue weighted by Crippen LogP contribution is -2.50. The van der Waals surface area contributed by atoms with Crippen LogP contribution in [0.25, 0.3) is 5.70 Å². The largest absolute Gasteiger partial charge is 0.298 e. The van der Waals surface area contributed by atoms with Crippen molar-refractivity contribution in [3.63, 3.8) is 0 Å². The summed E-state index contributed by atoms with van der Waals surface area (Å²) in [6.45, 7) is 3.72. The number of carbonyl (C=O) groups is 1. The Bertz CT molecular complexity index is 1050. The molecule has 2 aromatic carbocycles. The summed E-state index contributed by atoms with van der Waals surface area (Å²) in [5, 5.41) is 11.4. The first kappa shape index (κ1) is 17.1. The molecule has 4 rings (SSSR count). The third kappa shape index (κ3) is 2.97. The number of amidine groups is 1. The lowest BCUT2D eigenvalue weighted by molar-refractivity contribution is -0.116. The SMILES string of the molecule is C=CCSC1=NN2C(=c3ccccc3=N[C@H]2c2ccccc2Br)C(=O)N1. The number of halogens is 1. The van der Waals surface area contributed by atoms with E-state index >= 15 is 0 Å². The zero-order valence-electron chi connectivity index (χ0n) is 13.7. The summed E-state index contributed by atoms with van der Waals surface area (Å²) >= 11 is 5.03. The van der Waals surface area contributed by atoms with Crippen LogP contribution in [0.2, 0.25) is 0 Å². The highest BCUT2D eigenvalue weighted by Crippen LogP contribution is 2.34. The molecule has 0 bridgehead atoms. The molecular formula is C19H15BrN4OS. The van der Waals surface area contributed by atoms with Gasteiger partial charge in [-0.05, 0) is 12.1 Å². The maximum atomic E-state index is 12.9. The summed E-state index contributed by atoms with van der Waals surface area (Å²) in [6.07, 6.45) is 1.36. The number of hydrogen-bond acceptors (Lipinski definition) is 5. The fraction of sp³-hybridized carbons (Fsp3) is 0.105. The van der Waals surface area contributed by atoms with Gasteiger partial charge in [0.25, 0.3) is 5.91 Å². The zero-order chi connectivity index (χ0) is 18.1. The molecule has 1 amide bonds. The molecule has 1 N–H and O–H groups in total. The van der Waals surface area contributed by atoms with E-state index in [2.05, 4.69) is 32.9 Å². The first-order valence-corrected chi connectivity index (χ1v) is 9.81. The minimum atomic E-state index is -0.416. The number of nitrogens with one attached hydrogen (secondary N) is 1. The van der Waals surface area contributed by atoms with Crippen molar-refractivity contribution >= 4 is 44.5 Å². The van der Waals surface area contributed by atoms with E-state index in [0.29, 0.717) is 16.6 Å². The Kier molecular flexibility index (Phi) is 4.65. The molecule has 0 aromatic heterocycles. The molecule has 7 heteroatoms. The fourth-order valence-corrected chi connectivity index (χ4v) is 3.99. The molecule has 2 heterocycles. The predicted molar refractivity (Wildman–Crippen MR) is 108 cm³/mol. The molecule has 0 fully saturated rings. The molecule has 0 aliphatic carbocycles. The number of amides is 1. The maximum Gasteiger partial charge on any atom is 0.276 e. The first-order valence-electron chi connectivity index (χ1n) is 8.03. The molecule has 0 spiro atoms. The third-order valence-corrected chi connectivity index (χ3v) is 5.62. The van der Waals surface area contributed by atoms with Crippen LogP contribution in [0.1, 0.15) is 11.7 Å². The third-order valence-electron chi connectivity index (χ3n) is 4.04. The average molecular weight is 427 g/mol. The van der Waals surface area contributed by atoms with Crippen molar-refractivity contribution in [3.8, 4) is 0 Å². The molecule has 0 radical (unpaired) electrons. The maximum absolute atomic E-state index is 12.9. The molecule has 1 atom stereocenters. The van der Waals surface area contributed by atoms with Crippen molar-refractivity contribution in [1.82, 2.24) is 10.3 Å². The monoisotopic (exact) mass is 426 g/mol. The van der Waals surface area contributed by atoms with Gasteiger partial charge in [-0.1, -0.05) is 70.2 Å². The van der Waals surface area contributed by atoms with Gasteiger partial charge >= 0.3 is 0 Å². The van der Waals surface area contributed by atoms with E-state index in [-0.39, 0.29) is 5.91 Å². The second kappa shape index (κ2) is 7.09. The number of carbonyl (C=O) groups excluding carboxylic acids is 1. The Labute approximate surface area is 163 Å². The highest BCUT2D eigenvalue weighted by Gasteiger charge is 2.34. The molecule has 0 saturated carbocycles. The van der Waals surface area contributed by atoms with Crippen molar-refractivity contribution < 1.29 is 4.79 Å². The highest BCUT2D eigenvalue weighted by atomic mass is 79.9.